The molecular weight excluding hydrogens is 245 g/mol. The van der Waals surface area contributed by atoms with E-state index in [0.29, 0.717) is 18.3 Å². The van der Waals surface area contributed by atoms with Gasteiger partial charge in [0.2, 0.25) is 5.89 Å². The summed E-state index contributed by atoms with van der Waals surface area (Å²) < 4.78 is 17.8. The Labute approximate surface area is 104 Å². The lowest BCUT2D eigenvalue weighted by molar-refractivity contribution is 0.363. The minimum Gasteiger partial charge on any atom is -0.339 e. The van der Waals surface area contributed by atoms with Crippen LogP contribution >= 0.6 is 12.4 Å². The predicted octanol–water partition coefficient (Wildman–Crippen LogP) is 2.03. The van der Waals surface area contributed by atoms with E-state index >= 15 is 0 Å². The van der Waals surface area contributed by atoms with E-state index in [9.17, 15) is 4.39 Å². The fourth-order valence-electron chi connectivity index (χ4n) is 1.53. The van der Waals surface area contributed by atoms with Crippen LogP contribution in [0.2, 0.25) is 0 Å². The molecule has 0 bridgehead atoms. The molecule has 0 saturated carbocycles. The summed E-state index contributed by atoms with van der Waals surface area (Å²) in [6.07, 6.45) is 0. The lowest BCUT2D eigenvalue weighted by atomic mass is 9.99. The fraction of sp³-hybridized carbons (Fsp3) is 0.273. The van der Waals surface area contributed by atoms with Gasteiger partial charge in [-0.05, 0) is 24.6 Å². The number of aromatic nitrogens is 2. The molecule has 1 atom stereocenters. The molecule has 0 fully saturated rings. The van der Waals surface area contributed by atoms with Crippen molar-refractivity contribution >= 4 is 12.4 Å². The van der Waals surface area contributed by atoms with Crippen LogP contribution in [0.15, 0.2) is 28.8 Å². The molecule has 0 spiro atoms. The van der Waals surface area contributed by atoms with Crippen molar-refractivity contribution in [3.63, 3.8) is 0 Å². The topological polar surface area (TPSA) is 64.9 Å². The van der Waals surface area contributed by atoms with Crippen LogP contribution in [0.3, 0.4) is 0 Å². The van der Waals surface area contributed by atoms with Crippen LogP contribution in [0.4, 0.5) is 4.39 Å². The van der Waals surface area contributed by atoms with Crippen LogP contribution in [0, 0.1) is 12.7 Å². The Morgan fingerprint density at radius 3 is 2.47 bits per heavy atom. The molecule has 6 heteroatoms. The highest BCUT2D eigenvalue weighted by Gasteiger charge is 2.18. The number of halogens is 2. The minimum absolute atomic E-state index is 0. The maximum absolute atomic E-state index is 12.8. The van der Waals surface area contributed by atoms with Crippen molar-refractivity contribution in [1.82, 2.24) is 10.1 Å². The van der Waals surface area contributed by atoms with Gasteiger partial charge in [0.15, 0.2) is 5.82 Å². The highest BCUT2D eigenvalue weighted by Crippen LogP contribution is 2.22. The van der Waals surface area contributed by atoms with E-state index in [0.717, 1.165) is 5.56 Å². The van der Waals surface area contributed by atoms with Crippen molar-refractivity contribution < 1.29 is 8.91 Å². The van der Waals surface area contributed by atoms with Crippen molar-refractivity contribution in [3.8, 4) is 0 Å². The van der Waals surface area contributed by atoms with Gasteiger partial charge in [0.05, 0.1) is 5.92 Å². The molecule has 2 rings (SSSR count). The van der Waals surface area contributed by atoms with Crippen LogP contribution in [0.5, 0.6) is 0 Å². The second-order valence-corrected chi connectivity index (χ2v) is 3.52. The number of nitrogens with two attached hydrogens (primary N) is 1. The molecule has 92 valence electrons. The van der Waals surface area contributed by atoms with Gasteiger partial charge >= 0.3 is 0 Å². The average Bonchev–Trinajstić information content (AvgIpc) is 2.69. The van der Waals surface area contributed by atoms with E-state index in [-0.39, 0.29) is 24.1 Å². The number of benzene rings is 1. The van der Waals surface area contributed by atoms with Gasteiger partial charge in [-0.2, -0.15) is 4.98 Å². The van der Waals surface area contributed by atoms with Crippen LogP contribution < -0.4 is 5.73 Å². The molecule has 1 aromatic carbocycles. The lowest BCUT2D eigenvalue weighted by Crippen LogP contribution is -2.14. The SMILES string of the molecule is Cc1noc(C(CN)c2ccc(F)cc2)n1.Cl. The molecule has 2 aromatic rings. The van der Waals surface area contributed by atoms with Crippen molar-refractivity contribution in [2.75, 3.05) is 6.54 Å². The zero-order valence-corrected chi connectivity index (χ0v) is 10.1. The smallest absolute Gasteiger partial charge is 0.235 e. The normalized spacial score (nSPS) is 11.9. The highest BCUT2D eigenvalue weighted by atomic mass is 35.5. The molecular formula is C11H13ClFN3O. The van der Waals surface area contributed by atoms with Crippen LogP contribution in [-0.2, 0) is 0 Å². The molecule has 0 aliphatic heterocycles. The van der Waals surface area contributed by atoms with E-state index in [1.54, 1.807) is 19.1 Å². The number of nitrogens with zero attached hydrogens (tertiary/aromatic N) is 2. The van der Waals surface area contributed by atoms with Gasteiger partial charge < -0.3 is 10.3 Å². The number of rotatable bonds is 3. The maximum Gasteiger partial charge on any atom is 0.235 e. The first-order chi connectivity index (χ1) is 7.70. The highest BCUT2D eigenvalue weighted by molar-refractivity contribution is 5.85. The van der Waals surface area contributed by atoms with Crippen molar-refractivity contribution in [1.29, 1.82) is 0 Å². The third kappa shape index (κ3) is 3.01. The van der Waals surface area contributed by atoms with E-state index in [4.69, 9.17) is 10.3 Å². The predicted molar refractivity (Wildman–Crippen MR) is 63.6 cm³/mol. The number of aryl methyl sites for hydroxylation is 1. The van der Waals surface area contributed by atoms with Gasteiger partial charge in [0.1, 0.15) is 5.82 Å². The van der Waals surface area contributed by atoms with Crippen LogP contribution in [-0.4, -0.2) is 16.7 Å². The summed E-state index contributed by atoms with van der Waals surface area (Å²) in [5.41, 5.74) is 6.53. The van der Waals surface area contributed by atoms with Gasteiger partial charge in [-0.15, -0.1) is 12.4 Å². The molecule has 1 unspecified atom stereocenters. The Morgan fingerprint density at radius 2 is 2.00 bits per heavy atom. The van der Waals surface area contributed by atoms with Gasteiger partial charge in [0, 0.05) is 6.54 Å². The molecule has 4 nitrogen and oxygen atoms in total. The van der Waals surface area contributed by atoms with Crippen LogP contribution in [0.1, 0.15) is 23.2 Å². The summed E-state index contributed by atoms with van der Waals surface area (Å²) in [6, 6.07) is 6.13. The first kappa shape index (κ1) is 13.6. The first-order valence-corrected chi connectivity index (χ1v) is 4.96. The summed E-state index contributed by atoms with van der Waals surface area (Å²) in [4.78, 5) is 4.13. The Kier molecular flexibility index (Phi) is 4.60. The maximum atomic E-state index is 12.8. The molecule has 0 saturated heterocycles. The second-order valence-electron chi connectivity index (χ2n) is 3.52. The Bertz CT molecular complexity index is 472. The van der Waals surface area contributed by atoms with Crippen molar-refractivity contribution in [2.45, 2.75) is 12.8 Å². The molecule has 0 radical (unpaired) electrons. The first-order valence-electron chi connectivity index (χ1n) is 4.96. The quantitative estimate of drug-likeness (QED) is 0.914. The third-order valence-corrected chi connectivity index (χ3v) is 2.35. The fourth-order valence-corrected chi connectivity index (χ4v) is 1.53. The summed E-state index contributed by atoms with van der Waals surface area (Å²) >= 11 is 0. The largest absolute Gasteiger partial charge is 0.339 e. The standard InChI is InChI=1S/C11H12FN3O.ClH/c1-7-14-11(16-15-7)10(6-13)8-2-4-9(12)5-3-8;/h2-5,10H,6,13H2,1H3;1H. The van der Waals surface area contributed by atoms with Crippen LogP contribution in [0.25, 0.3) is 0 Å². The van der Waals surface area contributed by atoms with E-state index < -0.39 is 0 Å². The Morgan fingerprint density at radius 1 is 1.35 bits per heavy atom. The summed E-state index contributed by atoms with van der Waals surface area (Å²) in [6.45, 7) is 2.08. The van der Waals surface area contributed by atoms with E-state index in [2.05, 4.69) is 10.1 Å². The van der Waals surface area contributed by atoms with Gasteiger partial charge in [-0.1, -0.05) is 17.3 Å². The van der Waals surface area contributed by atoms with E-state index in [1.807, 2.05) is 0 Å². The summed E-state index contributed by atoms with van der Waals surface area (Å²) in [5, 5.41) is 3.71. The molecule has 0 amide bonds. The van der Waals surface area contributed by atoms with Crippen molar-refractivity contribution in [2.24, 2.45) is 5.73 Å². The average molecular weight is 258 g/mol. The number of hydrogen-bond acceptors (Lipinski definition) is 4. The monoisotopic (exact) mass is 257 g/mol. The molecule has 2 N–H and O–H groups in total. The van der Waals surface area contributed by atoms with E-state index in [1.165, 1.54) is 12.1 Å². The second kappa shape index (κ2) is 5.75. The van der Waals surface area contributed by atoms with Gasteiger partial charge in [0.25, 0.3) is 0 Å². The molecule has 1 heterocycles. The molecule has 1 aromatic heterocycles. The Hall–Kier alpha value is -1.46. The minimum atomic E-state index is -0.277. The summed E-state index contributed by atoms with van der Waals surface area (Å²) in [7, 11) is 0. The van der Waals surface area contributed by atoms with Gasteiger partial charge in [-0.25, -0.2) is 4.39 Å². The molecule has 0 aliphatic carbocycles. The van der Waals surface area contributed by atoms with Crippen molar-refractivity contribution in [3.05, 3.63) is 47.4 Å². The summed E-state index contributed by atoms with van der Waals surface area (Å²) in [5.74, 6) is 0.574. The molecule has 0 aliphatic rings. The zero-order chi connectivity index (χ0) is 11.5. The van der Waals surface area contributed by atoms with Gasteiger partial charge in [-0.3, -0.25) is 0 Å². The molecule has 17 heavy (non-hydrogen) atoms. The Balaban J connectivity index is 0.00000144. The zero-order valence-electron chi connectivity index (χ0n) is 9.26. The number of hydrogen-bond donors (Lipinski definition) is 1. The third-order valence-electron chi connectivity index (χ3n) is 2.35. The lowest BCUT2D eigenvalue weighted by Gasteiger charge is -2.09.